The molecule has 2 saturated heterocycles. The Kier molecular flexibility index (Phi) is 7.46. The van der Waals surface area contributed by atoms with Crippen molar-refractivity contribution in [2.75, 3.05) is 31.5 Å². The maximum Gasteiger partial charge on any atom is 0.224 e. The molecule has 1 aromatic carbocycles. The lowest BCUT2D eigenvalue weighted by atomic mass is 9.92. The largest absolute Gasteiger partial charge is 0.343 e. The van der Waals surface area contributed by atoms with Crippen LogP contribution in [-0.4, -0.2) is 53.7 Å². The van der Waals surface area contributed by atoms with E-state index in [9.17, 15) is 14.4 Å². The lowest BCUT2D eigenvalue weighted by Gasteiger charge is -2.32. The minimum atomic E-state index is 0.0566. The molecule has 0 spiro atoms. The van der Waals surface area contributed by atoms with E-state index in [2.05, 4.69) is 5.32 Å². The molecule has 3 amide bonds. The highest BCUT2D eigenvalue weighted by Gasteiger charge is 2.24. The Bertz CT molecular complexity index is 669. The number of rotatable bonds is 8. The zero-order chi connectivity index (χ0) is 19.8. The minimum absolute atomic E-state index is 0.0566. The number of benzene rings is 1. The molecule has 2 heterocycles. The van der Waals surface area contributed by atoms with Crippen LogP contribution in [0.1, 0.15) is 51.4 Å². The van der Waals surface area contributed by atoms with Gasteiger partial charge in [-0.25, -0.2) is 0 Å². The van der Waals surface area contributed by atoms with Crippen LogP contribution in [0.3, 0.4) is 0 Å². The average molecular weight is 386 g/mol. The highest BCUT2D eigenvalue weighted by molar-refractivity contribution is 5.90. The topological polar surface area (TPSA) is 69.7 Å². The smallest absolute Gasteiger partial charge is 0.224 e. The third-order valence-electron chi connectivity index (χ3n) is 5.79. The zero-order valence-electron chi connectivity index (χ0n) is 16.6. The molecular formula is C22H31N3O3. The van der Waals surface area contributed by atoms with E-state index >= 15 is 0 Å². The molecule has 0 bridgehead atoms. The van der Waals surface area contributed by atoms with E-state index < -0.39 is 0 Å². The van der Waals surface area contributed by atoms with Crippen LogP contribution in [0.4, 0.5) is 5.69 Å². The molecule has 0 unspecified atom stereocenters. The van der Waals surface area contributed by atoms with Gasteiger partial charge in [0.2, 0.25) is 17.7 Å². The predicted molar refractivity (Wildman–Crippen MR) is 109 cm³/mol. The van der Waals surface area contributed by atoms with Crippen LogP contribution in [0, 0.1) is 5.92 Å². The molecular weight excluding hydrogens is 354 g/mol. The normalized spacial score (nSPS) is 17.8. The van der Waals surface area contributed by atoms with E-state index in [-0.39, 0.29) is 17.7 Å². The van der Waals surface area contributed by atoms with Crippen LogP contribution in [0.25, 0.3) is 0 Å². The lowest BCUT2D eigenvalue weighted by Crippen LogP contribution is -2.39. The van der Waals surface area contributed by atoms with Crippen LogP contribution >= 0.6 is 0 Å². The number of anilines is 1. The first-order chi connectivity index (χ1) is 13.6. The van der Waals surface area contributed by atoms with Crippen molar-refractivity contribution < 1.29 is 14.4 Å². The Labute approximate surface area is 167 Å². The fourth-order valence-corrected chi connectivity index (χ4v) is 4.07. The summed E-state index contributed by atoms with van der Waals surface area (Å²) in [7, 11) is 0. The van der Waals surface area contributed by atoms with Crippen LogP contribution in [0.15, 0.2) is 30.3 Å². The van der Waals surface area contributed by atoms with Gasteiger partial charge in [0.05, 0.1) is 0 Å². The van der Waals surface area contributed by atoms with Crippen molar-refractivity contribution >= 4 is 23.4 Å². The second kappa shape index (κ2) is 10.2. The van der Waals surface area contributed by atoms with Gasteiger partial charge in [-0.15, -0.1) is 0 Å². The van der Waals surface area contributed by atoms with Gasteiger partial charge in [0, 0.05) is 51.1 Å². The third kappa shape index (κ3) is 6.08. The summed E-state index contributed by atoms with van der Waals surface area (Å²) in [6, 6.07) is 9.52. The zero-order valence-corrected chi connectivity index (χ0v) is 16.6. The fourth-order valence-electron chi connectivity index (χ4n) is 4.07. The SMILES string of the molecule is O=C(CCC1CCN(C(=O)CCCN2CCCC2=O)CC1)Nc1ccccc1. The number of piperidine rings is 1. The van der Waals surface area contributed by atoms with Crippen LogP contribution in [0.2, 0.25) is 0 Å². The van der Waals surface area contributed by atoms with E-state index in [0.29, 0.717) is 31.7 Å². The number of hydrogen-bond donors (Lipinski definition) is 1. The summed E-state index contributed by atoms with van der Waals surface area (Å²) in [5.74, 6) is 0.991. The number of amides is 3. The number of nitrogens with one attached hydrogen (secondary N) is 1. The van der Waals surface area contributed by atoms with Crippen molar-refractivity contribution in [3.63, 3.8) is 0 Å². The summed E-state index contributed by atoms with van der Waals surface area (Å²) >= 11 is 0. The van der Waals surface area contributed by atoms with Crippen molar-refractivity contribution in [3.05, 3.63) is 30.3 Å². The van der Waals surface area contributed by atoms with Gasteiger partial charge in [0.15, 0.2) is 0 Å². The van der Waals surface area contributed by atoms with Crippen molar-refractivity contribution in [1.29, 1.82) is 0 Å². The van der Waals surface area contributed by atoms with Gasteiger partial charge in [-0.05, 0) is 50.2 Å². The molecule has 0 aliphatic carbocycles. The van der Waals surface area contributed by atoms with E-state index in [4.69, 9.17) is 0 Å². The number of nitrogens with zero attached hydrogens (tertiary/aromatic N) is 2. The van der Waals surface area contributed by atoms with Gasteiger partial charge in [-0.3, -0.25) is 14.4 Å². The molecule has 1 N–H and O–H groups in total. The quantitative estimate of drug-likeness (QED) is 0.748. The maximum absolute atomic E-state index is 12.4. The summed E-state index contributed by atoms with van der Waals surface area (Å²) < 4.78 is 0. The van der Waals surface area contributed by atoms with Gasteiger partial charge in [0.25, 0.3) is 0 Å². The predicted octanol–water partition coefficient (Wildman–Crippen LogP) is 3.05. The van der Waals surface area contributed by atoms with Gasteiger partial charge in [-0.2, -0.15) is 0 Å². The minimum Gasteiger partial charge on any atom is -0.343 e. The number of hydrogen-bond acceptors (Lipinski definition) is 3. The number of carbonyl (C=O) groups excluding carboxylic acids is 3. The molecule has 3 rings (SSSR count). The Balaban J connectivity index is 1.29. The molecule has 152 valence electrons. The lowest BCUT2D eigenvalue weighted by molar-refractivity contribution is -0.133. The molecule has 0 saturated carbocycles. The van der Waals surface area contributed by atoms with E-state index in [0.717, 1.165) is 57.4 Å². The maximum atomic E-state index is 12.4. The first-order valence-electron chi connectivity index (χ1n) is 10.5. The van der Waals surface area contributed by atoms with Gasteiger partial charge in [-0.1, -0.05) is 18.2 Å². The van der Waals surface area contributed by atoms with Crippen LogP contribution < -0.4 is 5.32 Å². The second-order valence-corrected chi connectivity index (χ2v) is 7.86. The van der Waals surface area contributed by atoms with Gasteiger partial charge < -0.3 is 15.1 Å². The fraction of sp³-hybridized carbons (Fsp3) is 0.591. The highest BCUT2D eigenvalue weighted by Crippen LogP contribution is 2.23. The standard InChI is InChI=1S/C22H31N3O3/c26-20(23-19-6-2-1-3-7-19)11-10-18-12-16-25(17-13-18)22(28)9-5-15-24-14-4-8-21(24)27/h1-3,6-7,18H,4-5,8-17H2,(H,23,26). The van der Waals surface area contributed by atoms with Crippen molar-refractivity contribution in [2.24, 2.45) is 5.92 Å². The number of carbonyl (C=O) groups is 3. The van der Waals surface area contributed by atoms with Crippen LogP contribution in [0.5, 0.6) is 0 Å². The Morgan fingerprint density at radius 3 is 2.46 bits per heavy atom. The van der Waals surface area contributed by atoms with E-state index in [1.807, 2.05) is 40.1 Å². The first-order valence-corrected chi connectivity index (χ1v) is 10.5. The Morgan fingerprint density at radius 2 is 1.79 bits per heavy atom. The molecule has 0 radical (unpaired) electrons. The summed E-state index contributed by atoms with van der Waals surface area (Å²) in [5, 5.41) is 2.93. The van der Waals surface area contributed by atoms with E-state index in [1.165, 1.54) is 0 Å². The van der Waals surface area contributed by atoms with E-state index in [1.54, 1.807) is 0 Å². The van der Waals surface area contributed by atoms with Crippen molar-refractivity contribution in [3.8, 4) is 0 Å². The molecule has 2 aliphatic rings. The summed E-state index contributed by atoms with van der Waals surface area (Å²) in [4.78, 5) is 39.9. The third-order valence-corrected chi connectivity index (χ3v) is 5.79. The highest BCUT2D eigenvalue weighted by atomic mass is 16.2. The molecule has 6 heteroatoms. The number of likely N-dealkylation sites (tertiary alicyclic amines) is 2. The Morgan fingerprint density at radius 1 is 1.04 bits per heavy atom. The van der Waals surface area contributed by atoms with Crippen molar-refractivity contribution in [1.82, 2.24) is 9.80 Å². The molecule has 28 heavy (non-hydrogen) atoms. The molecule has 6 nitrogen and oxygen atoms in total. The monoisotopic (exact) mass is 385 g/mol. The second-order valence-electron chi connectivity index (χ2n) is 7.86. The van der Waals surface area contributed by atoms with Gasteiger partial charge >= 0.3 is 0 Å². The molecule has 0 atom stereocenters. The molecule has 2 fully saturated rings. The molecule has 2 aliphatic heterocycles. The molecule has 1 aromatic rings. The summed E-state index contributed by atoms with van der Waals surface area (Å²) in [6.45, 7) is 3.12. The Hall–Kier alpha value is -2.37. The van der Waals surface area contributed by atoms with Gasteiger partial charge in [0.1, 0.15) is 0 Å². The average Bonchev–Trinajstić information content (AvgIpc) is 3.12. The molecule has 0 aromatic heterocycles. The summed E-state index contributed by atoms with van der Waals surface area (Å²) in [5.41, 5.74) is 0.837. The summed E-state index contributed by atoms with van der Waals surface area (Å²) in [6.07, 6.45) is 6.21. The first kappa shape index (κ1) is 20.4. The number of para-hydroxylation sites is 1. The van der Waals surface area contributed by atoms with Crippen LogP contribution in [-0.2, 0) is 14.4 Å². The van der Waals surface area contributed by atoms with Crippen molar-refractivity contribution in [2.45, 2.75) is 51.4 Å².